The minimum Gasteiger partial charge on any atom is -0.354 e. The number of carbonyl (C=O) groups is 2. The zero-order valence-corrected chi connectivity index (χ0v) is 20.8. The lowest BCUT2D eigenvalue weighted by atomic mass is 10.0. The summed E-state index contributed by atoms with van der Waals surface area (Å²) in [5, 5.41) is 3.02. The van der Waals surface area contributed by atoms with E-state index in [0.29, 0.717) is 19.5 Å². The van der Waals surface area contributed by atoms with Gasteiger partial charge in [-0.1, -0.05) is 95.1 Å². The fraction of sp³-hybridized carbons (Fsp3) is 0.286. The van der Waals surface area contributed by atoms with Crippen LogP contribution in [-0.4, -0.2) is 29.3 Å². The molecule has 0 aromatic heterocycles. The van der Waals surface area contributed by atoms with Crippen LogP contribution in [-0.2, 0) is 29.0 Å². The quantitative estimate of drug-likeness (QED) is 0.396. The molecule has 0 aliphatic rings. The van der Waals surface area contributed by atoms with Gasteiger partial charge in [-0.3, -0.25) is 9.59 Å². The van der Waals surface area contributed by atoms with Gasteiger partial charge < -0.3 is 10.2 Å². The Kier molecular flexibility index (Phi) is 9.25. The van der Waals surface area contributed by atoms with Crippen LogP contribution in [0.5, 0.6) is 0 Å². The lowest BCUT2D eigenvalue weighted by Crippen LogP contribution is -2.51. The number of nitrogens with one attached hydrogen (secondary N) is 1. The summed E-state index contributed by atoms with van der Waals surface area (Å²) in [5.41, 5.74) is 4.07. The van der Waals surface area contributed by atoms with Gasteiger partial charge in [-0.25, -0.2) is 0 Å². The molecule has 172 valence electrons. The van der Waals surface area contributed by atoms with E-state index in [0.717, 1.165) is 33.1 Å². The minimum absolute atomic E-state index is 0.0592. The molecule has 0 saturated carbocycles. The summed E-state index contributed by atoms with van der Waals surface area (Å²) in [6, 6.07) is 25.2. The van der Waals surface area contributed by atoms with Crippen molar-refractivity contribution >= 4 is 27.7 Å². The molecular formula is C28H31BrN2O2. The first-order chi connectivity index (χ1) is 16.0. The van der Waals surface area contributed by atoms with Gasteiger partial charge in [-0.15, -0.1) is 0 Å². The second kappa shape index (κ2) is 12.4. The summed E-state index contributed by atoms with van der Waals surface area (Å²) in [6.07, 6.45) is 1.56. The molecule has 33 heavy (non-hydrogen) atoms. The number of nitrogens with zero attached hydrogens (tertiary/aromatic N) is 1. The molecule has 0 bridgehead atoms. The molecule has 0 heterocycles. The molecule has 3 aromatic rings. The number of aryl methyl sites for hydroxylation is 1. The molecule has 2 amide bonds. The highest BCUT2D eigenvalue weighted by molar-refractivity contribution is 9.10. The molecule has 0 aliphatic heterocycles. The second-order valence-corrected chi connectivity index (χ2v) is 9.23. The average Bonchev–Trinajstić information content (AvgIpc) is 2.81. The summed E-state index contributed by atoms with van der Waals surface area (Å²) >= 11 is 3.47. The fourth-order valence-electron chi connectivity index (χ4n) is 3.80. The second-order valence-electron chi connectivity index (χ2n) is 8.31. The van der Waals surface area contributed by atoms with Crippen LogP contribution in [0.1, 0.15) is 35.6 Å². The average molecular weight is 507 g/mol. The summed E-state index contributed by atoms with van der Waals surface area (Å²) in [6.45, 7) is 5.00. The van der Waals surface area contributed by atoms with Crippen LogP contribution < -0.4 is 5.32 Å². The van der Waals surface area contributed by atoms with Crippen LogP contribution in [0, 0.1) is 6.92 Å². The number of benzene rings is 3. The summed E-state index contributed by atoms with van der Waals surface area (Å²) in [5.74, 6) is -0.175. The number of hydrogen-bond donors (Lipinski definition) is 1. The number of amides is 2. The number of halogens is 1. The van der Waals surface area contributed by atoms with Crippen molar-refractivity contribution in [2.75, 3.05) is 6.54 Å². The topological polar surface area (TPSA) is 49.4 Å². The maximum absolute atomic E-state index is 13.6. The molecule has 0 saturated heterocycles. The molecule has 0 unspecified atom stereocenters. The SMILES string of the molecule is CCCNC(=O)[C@H](Cc1ccccc1)N(Cc1ccc(Br)cc1)C(=O)Cc1cccc(C)c1. The Bertz CT molecular complexity index is 1050. The first-order valence-corrected chi connectivity index (χ1v) is 12.2. The van der Waals surface area contributed by atoms with Crippen molar-refractivity contribution in [3.05, 3.63) is 106 Å². The molecule has 1 atom stereocenters. The van der Waals surface area contributed by atoms with Gasteiger partial charge in [0, 0.05) is 24.0 Å². The van der Waals surface area contributed by atoms with Gasteiger partial charge >= 0.3 is 0 Å². The lowest BCUT2D eigenvalue weighted by Gasteiger charge is -2.31. The molecule has 1 N–H and O–H groups in total. The van der Waals surface area contributed by atoms with Crippen LogP contribution in [0.2, 0.25) is 0 Å². The van der Waals surface area contributed by atoms with E-state index < -0.39 is 6.04 Å². The summed E-state index contributed by atoms with van der Waals surface area (Å²) < 4.78 is 0.977. The van der Waals surface area contributed by atoms with Crippen LogP contribution in [0.3, 0.4) is 0 Å². The van der Waals surface area contributed by atoms with Crippen molar-refractivity contribution in [3.8, 4) is 0 Å². The first kappa shape index (κ1) is 24.7. The summed E-state index contributed by atoms with van der Waals surface area (Å²) in [4.78, 5) is 28.7. The van der Waals surface area contributed by atoms with E-state index in [9.17, 15) is 9.59 Å². The predicted octanol–water partition coefficient (Wildman–Crippen LogP) is 5.47. The van der Waals surface area contributed by atoms with Crippen molar-refractivity contribution in [3.63, 3.8) is 0 Å². The largest absolute Gasteiger partial charge is 0.354 e. The van der Waals surface area contributed by atoms with Crippen LogP contribution in [0.25, 0.3) is 0 Å². The van der Waals surface area contributed by atoms with Crippen LogP contribution in [0.4, 0.5) is 0 Å². The third kappa shape index (κ3) is 7.57. The molecule has 3 rings (SSSR count). The Balaban J connectivity index is 1.94. The number of rotatable bonds is 10. The predicted molar refractivity (Wildman–Crippen MR) is 137 cm³/mol. The van der Waals surface area contributed by atoms with E-state index in [2.05, 4.69) is 21.2 Å². The highest BCUT2D eigenvalue weighted by atomic mass is 79.9. The molecule has 5 heteroatoms. The van der Waals surface area contributed by atoms with Crippen LogP contribution >= 0.6 is 15.9 Å². The molecule has 3 aromatic carbocycles. The van der Waals surface area contributed by atoms with E-state index >= 15 is 0 Å². The molecule has 4 nitrogen and oxygen atoms in total. The van der Waals surface area contributed by atoms with Crippen molar-refractivity contribution in [2.45, 2.75) is 45.7 Å². The smallest absolute Gasteiger partial charge is 0.243 e. The van der Waals surface area contributed by atoms with E-state index in [4.69, 9.17) is 0 Å². The lowest BCUT2D eigenvalue weighted by molar-refractivity contribution is -0.140. The fourth-order valence-corrected chi connectivity index (χ4v) is 4.07. The zero-order chi connectivity index (χ0) is 23.6. The highest BCUT2D eigenvalue weighted by Gasteiger charge is 2.30. The Morgan fingerprint density at radius 3 is 2.27 bits per heavy atom. The van der Waals surface area contributed by atoms with Crippen molar-refractivity contribution in [2.24, 2.45) is 0 Å². The highest BCUT2D eigenvalue weighted by Crippen LogP contribution is 2.18. The Labute approximate surface area is 205 Å². The van der Waals surface area contributed by atoms with E-state index in [1.165, 1.54) is 0 Å². The third-order valence-corrected chi connectivity index (χ3v) is 6.05. The monoisotopic (exact) mass is 506 g/mol. The standard InChI is InChI=1S/C28H31BrN2O2/c1-3-16-30-28(33)26(18-22-9-5-4-6-10-22)31(20-23-12-14-25(29)15-13-23)27(32)19-24-11-7-8-21(2)17-24/h4-15,17,26H,3,16,18-20H2,1-2H3,(H,30,33)/t26-/m0/s1. The van der Waals surface area contributed by atoms with E-state index in [1.807, 2.05) is 92.7 Å². The van der Waals surface area contributed by atoms with Gasteiger partial charge in [-0.05, 0) is 42.2 Å². The van der Waals surface area contributed by atoms with Gasteiger partial charge in [0.25, 0.3) is 0 Å². The van der Waals surface area contributed by atoms with Gasteiger partial charge in [0.05, 0.1) is 6.42 Å². The maximum atomic E-state index is 13.6. The molecule has 0 aliphatic carbocycles. The van der Waals surface area contributed by atoms with Gasteiger partial charge in [0.2, 0.25) is 11.8 Å². The normalized spacial score (nSPS) is 11.6. The van der Waals surface area contributed by atoms with Crippen LogP contribution in [0.15, 0.2) is 83.3 Å². The first-order valence-electron chi connectivity index (χ1n) is 11.4. The molecule has 0 fully saturated rings. The summed E-state index contributed by atoms with van der Waals surface area (Å²) in [7, 11) is 0. The Morgan fingerprint density at radius 2 is 1.61 bits per heavy atom. The molecule has 0 spiro atoms. The Hall–Kier alpha value is -2.92. The van der Waals surface area contributed by atoms with Gasteiger partial charge in [-0.2, -0.15) is 0 Å². The van der Waals surface area contributed by atoms with E-state index in [-0.39, 0.29) is 18.2 Å². The van der Waals surface area contributed by atoms with E-state index in [1.54, 1.807) is 4.90 Å². The minimum atomic E-state index is -0.597. The van der Waals surface area contributed by atoms with Crippen molar-refractivity contribution in [1.29, 1.82) is 0 Å². The molecular weight excluding hydrogens is 476 g/mol. The maximum Gasteiger partial charge on any atom is 0.243 e. The number of carbonyl (C=O) groups excluding carboxylic acids is 2. The third-order valence-electron chi connectivity index (χ3n) is 5.52. The van der Waals surface area contributed by atoms with Crippen molar-refractivity contribution in [1.82, 2.24) is 10.2 Å². The van der Waals surface area contributed by atoms with Gasteiger partial charge in [0.15, 0.2) is 0 Å². The molecule has 0 radical (unpaired) electrons. The van der Waals surface area contributed by atoms with Gasteiger partial charge in [0.1, 0.15) is 6.04 Å². The number of hydrogen-bond acceptors (Lipinski definition) is 2. The van der Waals surface area contributed by atoms with Crippen molar-refractivity contribution < 1.29 is 9.59 Å². The zero-order valence-electron chi connectivity index (χ0n) is 19.3. The Morgan fingerprint density at radius 1 is 0.909 bits per heavy atom.